The van der Waals surface area contributed by atoms with E-state index in [2.05, 4.69) is 16.0 Å². The number of benzene rings is 2. The molecule has 1 aromatic heterocycles. The first-order valence-electron chi connectivity index (χ1n) is 7.92. The number of allylic oxidation sites excluding steroid dienone is 1. The van der Waals surface area contributed by atoms with E-state index < -0.39 is 0 Å². The fourth-order valence-corrected chi connectivity index (χ4v) is 2.72. The van der Waals surface area contributed by atoms with E-state index in [1.807, 2.05) is 37.3 Å². The number of aromatic nitrogens is 2. The van der Waals surface area contributed by atoms with Crippen LogP contribution in [-0.2, 0) is 0 Å². The summed E-state index contributed by atoms with van der Waals surface area (Å²) in [6.45, 7) is 2.60. The van der Waals surface area contributed by atoms with Crippen LogP contribution in [-0.4, -0.2) is 23.4 Å². The van der Waals surface area contributed by atoms with Crippen LogP contribution in [0.2, 0.25) is 0 Å². The third-order valence-electron chi connectivity index (χ3n) is 3.87. The van der Waals surface area contributed by atoms with Gasteiger partial charge in [0.05, 0.1) is 23.2 Å². The fraction of sp³-hybridized carbons (Fsp3) is 0.158. The van der Waals surface area contributed by atoms with Gasteiger partial charge in [0.2, 0.25) is 6.79 Å². The molecule has 0 atom stereocenters. The van der Waals surface area contributed by atoms with E-state index in [0.717, 1.165) is 16.6 Å². The molecular weight excluding hydrogens is 318 g/mol. The lowest BCUT2D eigenvalue weighted by Gasteiger charge is -2.09. The van der Waals surface area contributed by atoms with Crippen molar-refractivity contribution in [2.75, 3.05) is 13.4 Å². The van der Waals surface area contributed by atoms with Crippen LogP contribution in [0.15, 0.2) is 36.4 Å². The summed E-state index contributed by atoms with van der Waals surface area (Å²) < 4.78 is 16.5. The number of ether oxygens (including phenoxy) is 3. The lowest BCUT2D eigenvalue weighted by Crippen LogP contribution is -1.95. The Morgan fingerprint density at radius 3 is 2.88 bits per heavy atom. The van der Waals surface area contributed by atoms with E-state index in [9.17, 15) is 5.26 Å². The van der Waals surface area contributed by atoms with Gasteiger partial charge in [-0.3, -0.25) is 0 Å². The Kier molecular flexibility index (Phi) is 3.75. The van der Waals surface area contributed by atoms with E-state index in [0.29, 0.717) is 35.3 Å². The van der Waals surface area contributed by atoms with Crippen molar-refractivity contribution in [3.8, 4) is 23.3 Å². The van der Waals surface area contributed by atoms with Crippen molar-refractivity contribution < 1.29 is 14.2 Å². The number of hydrogen-bond acceptors (Lipinski definition) is 5. The lowest BCUT2D eigenvalue weighted by atomic mass is 10.1. The first-order chi connectivity index (χ1) is 12.3. The Hall–Kier alpha value is -3.46. The number of nitriles is 1. The maximum atomic E-state index is 9.61. The van der Waals surface area contributed by atoms with E-state index in [1.54, 1.807) is 12.1 Å². The van der Waals surface area contributed by atoms with Gasteiger partial charge in [0.15, 0.2) is 11.5 Å². The molecule has 0 aliphatic carbocycles. The quantitative estimate of drug-likeness (QED) is 0.735. The molecule has 2 heterocycles. The largest absolute Gasteiger partial charge is 0.493 e. The summed E-state index contributed by atoms with van der Waals surface area (Å²) in [5.41, 5.74) is 2.85. The molecular formula is C19H15N3O3. The van der Waals surface area contributed by atoms with Crippen LogP contribution in [0.5, 0.6) is 17.2 Å². The molecule has 1 N–H and O–H groups in total. The van der Waals surface area contributed by atoms with Crippen LogP contribution in [0.1, 0.15) is 18.3 Å². The van der Waals surface area contributed by atoms with Crippen LogP contribution in [0.3, 0.4) is 0 Å². The predicted octanol–water partition coefficient (Wildman–Crippen LogP) is 3.75. The number of imidazole rings is 1. The molecule has 0 saturated carbocycles. The fourth-order valence-electron chi connectivity index (χ4n) is 2.72. The third-order valence-corrected chi connectivity index (χ3v) is 3.87. The number of aromatic amines is 1. The summed E-state index contributed by atoms with van der Waals surface area (Å²) in [7, 11) is 0. The minimum Gasteiger partial charge on any atom is -0.493 e. The second-order valence-electron chi connectivity index (χ2n) is 5.45. The Bertz CT molecular complexity index is 981. The zero-order chi connectivity index (χ0) is 17.2. The molecule has 2 aromatic carbocycles. The van der Waals surface area contributed by atoms with Crippen molar-refractivity contribution in [3.05, 3.63) is 47.8 Å². The maximum Gasteiger partial charge on any atom is 0.231 e. The Labute approximate surface area is 144 Å². The zero-order valence-corrected chi connectivity index (χ0v) is 13.6. The number of para-hydroxylation sites is 2. The van der Waals surface area contributed by atoms with Gasteiger partial charge >= 0.3 is 0 Å². The summed E-state index contributed by atoms with van der Waals surface area (Å²) in [6.07, 6.45) is 1.74. The zero-order valence-electron chi connectivity index (χ0n) is 13.6. The molecule has 124 valence electrons. The van der Waals surface area contributed by atoms with E-state index >= 15 is 0 Å². The van der Waals surface area contributed by atoms with Crippen molar-refractivity contribution in [1.29, 1.82) is 5.26 Å². The summed E-state index contributed by atoms with van der Waals surface area (Å²) in [5, 5.41) is 9.61. The number of nitrogens with one attached hydrogen (secondary N) is 1. The molecule has 6 heteroatoms. The van der Waals surface area contributed by atoms with Crippen molar-refractivity contribution in [2.24, 2.45) is 0 Å². The molecule has 25 heavy (non-hydrogen) atoms. The standard InChI is InChI=1S/C19H15N3O3/c1-2-23-16-9-18-17(24-11-25-18)8-12(16)7-13(10-20)19-21-14-5-3-4-6-15(14)22-19/h3-9H,2,11H2,1H3,(H,21,22). The summed E-state index contributed by atoms with van der Waals surface area (Å²) in [5.74, 6) is 2.43. The highest BCUT2D eigenvalue weighted by molar-refractivity contribution is 5.91. The predicted molar refractivity (Wildman–Crippen MR) is 93.3 cm³/mol. The molecule has 0 saturated heterocycles. The molecule has 0 spiro atoms. The van der Waals surface area contributed by atoms with E-state index in [-0.39, 0.29) is 6.79 Å². The number of H-pyrrole nitrogens is 1. The molecule has 1 aliphatic heterocycles. The van der Waals surface area contributed by atoms with Gasteiger partial charge in [0.25, 0.3) is 0 Å². The number of nitrogens with zero attached hydrogens (tertiary/aromatic N) is 2. The molecule has 0 unspecified atom stereocenters. The molecule has 3 aromatic rings. The average Bonchev–Trinajstić information content (AvgIpc) is 3.25. The van der Waals surface area contributed by atoms with Gasteiger partial charge in [0.1, 0.15) is 17.6 Å². The Morgan fingerprint density at radius 1 is 1.32 bits per heavy atom. The molecule has 0 bridgehead atoms. The lowest BCUT2D eigenvalue weighted by molar-refractivity contribution is 0.174. The maximum absolute atomic E-state index is 9.61. The van der Waals surface area contributed by atoms with Crippen LogP contribution in [0, 0.1) is 11.3 Å². The van der Waals surface area contributed by atoms with Crippen LogP contribution in [0.4, 0.5) is 0 Å². The van der Waals surface area contributed by atoms with Gasteiger partial charge in [0, 0.05) is 11.6 Å². The smallest absolute Gasteiger partial charge is 0.231 e. The highest BCUT2D eigenvalue weighted by Gasteiger charge is 2.18. The SMILES string of the molecule is CCOc1cc2c(cc1C=C(C#N)c1nc3ccccc3[nH]1)OCO2. The highest BCUT2D eigenvalue weighted by atomic mass is 16.7. The number of rotatable bonds is 4. The average molecular weight is 333 g/mol. The van der Waals surface area contributed by atoms with Crippen molar-refractivity contribution in [2.45, 2.75) is 6.92 Å². The van der Waals surface area contributed by atoms with E-state index in [1.165, 1.54) is 0 Å². The Balaban J connectivity index is 1.81. The summed E-state index contributed by atoms with van der Waals surface area (Å²) >= 11 is 0. The van der Waals surface area contributed by atoms with Crippen LogP contribution >= 0.6 is 0 Å². The second-order valence-corrected chi connectivity index (χ2v) is 5.45. The first kappa shape index (κ1) is 15.1. The van der Waals surface area contributed by atoms with E-state index in [4.69, 9.17) is 14.2 Å². The third kappa shape index (κ3) is 2.76. The van der Waals surface area contributed by atoms with Gasteiger partial charge in [-0.25, -0.2) is 4.98 Å². The normalized spacial score (nSPS) is 13.0. The second kappa shape index (κ2) is 6.21. The number of hydrogen-bond donors (Lipinski definition) is 1. The minimum absolute atomic E-state index is 0.183. The Morgan fingerprint density at radius 2 is 2.12 bits per heavy atom. The molecule has 0 fully saturated rings. The minimum atomic E-state index is 0.183. The van der Waals surface area contributed by atoms with Crippen LogP contribution in [0.25, 0.3) is 22.7 Å². The molecule has 6 nitrogen and oxygen atoms in total. The summed E-state index contributed by atoms with van der Waals surface area (Å²) in [6, 6.07) is 13.5. The number of fused-ring (bicyclic) bond motifs is 2. The van der Waals surface area contributed by atoms with Gasteiger partial charge in [-0.2, -0.15) is 5.26 Å². The molecule has 1 aliphatic rings. The van der Waals surface area contributed by atoms with Gasteiger partial charge in [-0.05, 0) is 31.2 Å². The van der Waals surface area contributed by atoms with Gasteiger partial charge in [-0.1, -0.05) is 12.1 Å². The highest BCUT2D eigenvalue weighted by Crippen LogP contribution is 2.39. The van der Waals surface area contributed by atoms with Crippen molar-refractivity contribution in [1.82, 2.24) is 9.97 Å². The summed E-state index contributed by atoms with van der Waals surface area (Å²) in [4.78, 5) is 7.66. The van der Waals surface area contributed by atoms with Gasteiger partial charge < -0.3 is 19.2 Å². The monoisotopic (exact) mass is 333 g/mol. The molecule has 4 rings (SSSR count). The van der Waals surface area contributed by atoms with Crippen molar-refractivity contribution in [3.63, 3.8) is 0 Å². The first-order valence-corrected chi connectivity index (χ1v) is 7.92. The molecule has 0 amide bonds. The molecule has 0 radical (unpaired) electrons. The van der Waals surface area contributed by atoms with Gasteiger partial charge in [-0.15, -0.1) is 0 Å². The van der Waals surface area contributed by atoms with Crippen molar-refractivity contribution >= 4 is 22.7 Å². The van der Waals surface area contributed by atoms with Crippen LogP contribution < -0.4 is 14.2 Å². The topological polar surface area (TPSA) is 80.2 Å².